The van der Waals surface area contributed by atoms with Crippen molar-refractivity contribution >= 4 is 5.97 Å². The van der Waals surface area contributed by atoms with Crippen LogP contribution in [0.1, 0.15) is 63.0 Å². The highest BCUT2D eigenvalue weighted by atomic mass is 16.6. The first-order valence-electron chi connectivity index (χ1n) is 11.0. The van der Waals surface area contributed by atoms with Gasteiger partial charge in [0, 0.05) is 12.4 Å². The molecule has 2 atom stereocenters. The second-order valence-electron chi connectivity index (χ2n) is 8.15. The lowest BCUT2D eigenvalue weighted by Crippen LogP contribution is -2.26. The Balaban J connectivity index is 1.81. The third-order valence-electron chi connectivity index (χ3n) is 6.11. The second-order valence-corrected chi connectivity index (χ2v) is 8.15. The summed E-state index contributed by atoms with van der Waals surface area (Å²) in [6.45, 7) is 0. The van der Waals surface area contributed by atoms with E-state index in [0.29, 0.717) is 12.3 Å². The summed E-state index contributed by atoms with van der Waals surface area (Å²) in [6, 6.07) is 10.8. The van der Waals surface area contributed by atoms with Gasteiger partial charge >= 0.3 is 5.97 Å². The van der Waals surface area contributed by atoms with Crippen molar-refractivity contribution < 1.29 is 14.7 Å². The lowest BCUT2D eigenvalue weighted by Gasteiger charge is -2.31. The standard InChI is InChI=1S/C24H33N3O3/c25-30-23(24(28)29)14-8-7-13-21(20-11-5-2-6-12-20)22(27-16-15-26-18-27)17-19-9-3-1-4-10-19/h1,3-4,9-10,13,15-16,18,20,22-23H,2,5-8,11-12,14,17,25H2,(H,28,29)/b21-13+. The van der Waals surface area contributed by atoms with E-state index >= 15 is 0 Å². The van der Waals surface area contributed by atoms with Crippen LogP contribution in [0.15, 0.2) is 60.7 Å². The number of carbonyl (C=O) groups is 1. The van der Waals surface area contributed by atoms with Crippen LogP contribution in [0, 0.1) is 5.92 Å². The molecule has 0 radical (unpaired) electrons. The third kappa shape index (κ3) is 6.28. The lowest BCUT2D eigenvalue weighted by atomic mass is 9.79. The Morgan fingerprint density at radius 1 is 1.27 bits per heavy atom. The smallest absolute Gasteiger partial charge is 0.334 e. The zero-order valence-corrected chi connectivity index (χ0v) is 17.5. The van der Waals surface area contributed by atoms with Crippen LogP contribution in [0.3, 0.4) is 0 Å². The Morgan fingerprint density at radius 2 is 2.03 bits per heavy atom. The van der Waals surface area contributed by atoms with Gasteiger partial charge in [-0.05, 0) is 55.6 Å². The second kappa shape index (κ2) is 11.7. The molecular weight excluding hydrogens is 378 g/mol. The van der Waals surface area contributed by atoms with Gasteiger partial charge in [-0.3, -0.25) is 4.84 Å². The molecule has 162 valence electrons. The van der Waals surface area contributed by atoms with E-state index in [0.717, 1.165) is 19.3 Å². The van der Waals surface area contributed by atoms with Crippen LogP contribution in [0.25, 0.3) is 0 Å². The molecule has 1 aliphatic carbocycles. The van der Waals surface area contributed by atoms with E-state index < -0.39 is 12.1 Å². The molecule has 6 heteroatoms. The van der Waals surface area contributed by atoms with Crippen LogP contribution in [-0.2, 0) is 16.1 Å². The number of hydrogen-bond donors (Lipinski definition) is 2. The molecule has 0 spiro atoms. The summed E-state index contributed by atoms with van der Waals surface area (Å²) in [7, 11) is 0. The highest BCUT2D eigenvalue weighted by molar-refractivity contribution is 5.72. The van der Waals surface area contributed by atoms with Crippen molar-refractivity contribution in [2.24, 2.45) is 11.8 Å². The molecule has 0 bridgehead atoms. The van der Waals surface area contributed by atoms with E-state index in [1.807, 2.05) is 24.8 Å². The van der Waals surface area contributed by atoms with Gasteiger partial charge in [-0.1, -0.05) is 55.7 Å². The zero-order valence-electron chi connectivity index (χ0n) is 17.5. The minimum atomic E-state index is -1.01. The number of allylic oxidation sites excluding steroid dienone is 2. The summed E-state index contributed by atoms with van der Waals surface area (Å²) in [5.74, 6) is 4.68. The van der Waals surface area contributed by atoms with Crippen molar-refractivity contribution in [3.05, 3.63) is 66.3 Å². The minimum Gasteiger partial charge on any atom is -0.479 e. The summed E-state index contributed by atoms with van der Waals surface area (Å²) in [5.41, 5.74) is 2.76. The predicted octanol–water partition coefficient (Wildman–Crippen LogP) is 4.69. The number of carboxylic acid groups (broad SMARTS) is 1. The number of unbranched alkanes of at least 4 members (excludes halogenated alkanes) is 1. The van der Waals surface area contributed by atoms with Crippen molar-refractivity contribution in [2.45, 2.75) is 69.9 Å². The maximum absolute atomic E-state index is 11.1. The van der Waals surface area contributed by atoms with Crippen LogP contribution in [-0.4, -0.2) is 26.7 Å². The van der Waals surface area contributed by atoms with E-state index in [1.165, 1.54) is 43.2 Å². The van der Waals surface area contributed by atoms with Gasteiger partial charge in [0.15, 0.2) is 6.10 Å². The molecule has 1 aliphatic rings. The molecule has 0 amide bonds. The van der Waals surface area contributed by atoms with E-state index in [-0.39, 0.29) is 6.04 Å². The first kappa shape index (κ1) is 22.2. The molecule has 1 saturated carbocycles. The Labute approximate surface area is 178 Å². The van der Waals surface area contributed by atoms with Crippen molar-refractivity contribution in [3.8, 4) is 0 Å². The third-order valence-corrected chi connectivity index (χ3v) is 6.11. The summed E-state index contributed by atoms with van der Waals surface area (Å²) < 4.78 is 2.22. The molecule has 2 unspecified atom stereocenters. The Bertz CT molecular complexity index is 783. The van der Waals surface area contributed by atoms with Gasteiger partial charge < -0.3 is 9.67 Å². The number of rotatable bonds is 11. The SMILES string of the molecule is NOC(CCC/C=C(\C1CCCCC1)C(Cc1ccccc1)n1ccnc1)C(=O)O. The van der Waals surface area contributed by atoms with Crippen molar-refractivity contribution in [2.75, 3.05) is 0 Å². The Kier molecular flexibility index (Phi) is 8.66. The molecule has 2 aromatic rings. The molecule has 3 rings (SSSR count). The van der Waals surface area contributed by atoms with Gasteiger partial charge in [0.2, 0.25) is 0 Å². The predicted molar refractivity (Wildman–Crippen MR) is 117 cm³/mol. The Hall–Kier alpha value is -2.44. The van der Waals surface area contributed by atoms with Crippen LogP contribution >= 0.6 is 0 Å². The maximum Gasteiger partial charge on any atom is 0.334 e. The van der Waals surface area contributed by atoms with Gasteiger partial charge in [-0.15, -0.1) is 0 Å². The van der Waals surface area contributed by atoms with Crippen LogP contribution in [0.4, 0.5) is 0 Å². The molecule has 3 N–H and O–H groups in total. The van der Waals surface area contributed by atoms with E-state index in [9.17, 15) is 4.79 Å². The van der Waals surface area contributed by atoms with Crippen molar-refractivity contribution in [1.29, 1.82) is 0 Å². The van der Waals surface area contributed by atoms with E-state index in [1.54, 1.807) is 0 Å². The molecule has 30 heavy (non-hydrogen) atoms. The van der Waals surface area contributed by atoms with Crippen LogP contribution in [0.2, 0.25) is 0 Å². The number of carboxylic acids is 1. The first-order valence-corrected chi connectivity index (χ1v) is 11.0. The van der Waals surface area contributed by atoms with Crippen LogP contribution in [0.5, 0.6) is 0 Å². The maximum atomic E-state index is 11.1. The molecule has 0 saturated heterocycles. The van der Waals surface area contributed by atoms with E-state index in [4.69, 9.17) is 11.0 Å². The number of nitrogens with zero attached hydrogens (tertiary/aromatic N) is 2. The molecule has 1 fully saturated rings. The van der Waals surface area contributed by atoms with Gasteiger partial charge in [-0.2, -0.15) is 0 Å². The highest BCUT2D eigenvalue weighted by Gasteiger charge is 2.26. The Morgan fingerprint density at radius 3 is 2.67 bits per heavy atom. The number of aliphatic carboxylic acids is 1. The number of hydrogen-bond acceptors (Lipinski definition) is 4. The molecule has 6 nitrogen and oxygen atoms in total. The van der Waals surface area contributed by atoms with Crippen molar-refractivity contribution in [1.82, 2.24) is 9.55 Å². The number of nitrogens with two attached hydrogens (primary N) is 1. The fraction of sp³-hybridized carbons (Fsp3) is 0.500. The fourth-order valence-electron chi connectivity index (χ4n) is 4.52. The fourth-order valence-corrected chi connectivity index (χ4v) is 4.52. The van der Waals surface area contributed by atoms with Gasteiger partial charge in [0.05, 0.1) is 12.4 Å². The quantitative estimate of drug-likeness (QED) is 0.318. The van der Waals surface area contributed by atoms with Gasteiger partial charge in [0.1, 0.15) is 0 Å². The molecule has 0 aliphatic heterocycles. The first-order chi connectivity index (χ1) is 14.7. The lowest BCUT2D eigenvalue weighted by molar-refractivity contribution is -0.151. The molecule has 1 aromatic carbocycles. The average Bonchev–Trinajstić information content (AvgIpc) is 3.31. The zero-order chi connectivity index (χ0) is 21.2. The minimum absolute atomic E-state index is 0.221. The van der Waals surface area contributed by atoms with Crippen molar-refractivity contribution in [3.63, 3.8) is 0 Å². The largest absolute Gasteiger partial charge is 0.479 e. The topological polar surface area (TPSA) is 90.4 Å². The molecule has 1 aromatic heterocycles. The monoisotopic (exact) mass is 411 g/mol. The van der Waals surface area contributed by atoms with Gasteiger partial charge in [0.25, 0.3) is 0 Å². The molecular formula is C24H33N3O3. The number of benzene rings is 1. The van der Waals surface area contributed by atoms with E-state index in [2.05, 4.69) is 44.7 Å². The van der Waals surface area contributed by atoms with Gasteiger partial charge in [-0.25, -0.2) is 15.7 Å². The number of aromatic nitrogens is 2. The average molecular weight is 412 g/mol. The number of imidazole rings is 1. The molecule has 1 heterocycles. The normalized spacial score (nSPS) is 17.6. The summed E-state index contributed by atoms with van der Waals surface area (Å²) in [5, 5.41) is 9.13. The summed E-state index contributed by atoms with van der Waals surface area (Å²) in [4.78, 5) is 20.0. The van der Waals surface area contributed by atoms with Crippen LogP contribution < -0.4 is 5.90 Å². The summed E-state index contributed by atoms with van der Waals surface area (Å²) in [6.07, 6.45) is 16.4. The highest BCUT2D eigenvalue weighted by Crippen LogP contribution is 2.37. The summed E-state index contributed by atoms with van der Waals surface area (Å²) >= 11 is 0.